The Balaban J connectivity index is 2.28. The standard InChI is InChI=1S/C13H21N5O2S/c1-6-18-10(3)12(7-15-18)9(2)16-21(19,20)13-8-14-17(5)11(13)4/h7-9,16H,6H2,1-5H3. The van der Waals surface area contributed by atoms with E-state index in [2.05, 4.69) is 14.9 Å². The minimum atomic E-state index is -3.60. The average Bonchev–Trinajstić information content (AvgIpc) is 2.93. The maximum Gasteiger partial charge on any atom is 0.244 e. The van der Waals surface area contributed by atoms with Gasteiger partial charge in [0.25, 0.3) is 0 Å². The molecular formula is C13H21N5O2S. The van der Waals surface area contributed by atoms with Gasteiger partial charge in [-0.3, -0.25) is 9.36 Å². The molecule has 1 atom stereocenters. The van der Waals surface area contributed by atoms with Crippen molar-refractivity contribution < 1.29 is 8.42 Å². The number of nitrogens with zero attached hydrogens (tertiary/aromatic N) is 4. The molecule has 0 fully saturated rings. The molecular weight excluding hydrogens is 290 g/mol. The molecule has 0 spiro atoms. The van der Waals surface area contributed by atoms with Gasteiger partial charge in [0.2, 0.25) is 10.0 Å². The van der Waals surface area contributed by atoms with Gasteiger partial charge in [-0.25, -0.2) is 13.1 Å². The van der Waals surface area contributed by atoms with Crippen molar-refractivity contribution in [2.45, 2.75) is 45.2 Å². The molecule has 0 saturated heterocycles. The average molecular weight is 311 g/mol. The van der Waals surface area contributed by atoms with E-state index in [1.54, 1.807) is 24.9 Å². The third kappa shape index (κ3) is 2.86. The van der Waals surface area contributed by atoms with Gasteiger partial charge in [-0.2, -0.15) is 10.2 Å². The predicted molar refractivity (Wildman–Crippen MR) is 79.3 cm³/mol. The van der Waals surface area contributed by atoms with Crippen LogP contribution in [0.15, 0.2) is 17.3 Å². The van der Waals surface area contributed by atoms with E-state index in [1.807, 2.05) is 25.5 Å². The smallest absolute Gasteiger partial charge is 0.244 e. The molecule has 0 aliphatic heterocycles. The highest BCUT2D eigenvalue weighted by Crippen LogP contribution is 2.21. The molecule has 116 valence electrons. The van der Waals surface area contributed by atoms with E-state index in [0.29, 0.717) is 5.69 Å². The largest absolute Gasteiger partial charge is 0.272 e. The van der Waals surface area contributed by atoms with Crippen molar-refractivity contribution in [2.75, 3.05) is 0 Å². The zero-order chi connectivity index (χ0) is 15.8. The Labute approximate surface area is 125 Å². The van der Waals surface area contributed by atoms with Crippen molar-refractivity contribution in [3.63, 3.8) is 0 Å². The minimum absolute atomic E-state index is 0.206. The van der Waals surface area contributed by atoms with Crippen molar-refractivity contribution in [3.8, 4) is 0 Å². The molecule has 1 N–H and O–H groups in total. The second-order valence-electron chi connectivity index (χ2n) is 5.06. The van der Waals surface area contributed by atoms with E-state index < -0.39 is 10.0 Å². The third-order valence-corrected chi connectivity index (χ3v) is 5.36. The van der Waals surface area contributed by atoms with E-state index in [-0.39, 0.29) is 10.9 Å². The maximum atomic E-state index is 12.4. The summed E-state index contributed by atoms with van der Waals surface area (Å²) in [5.74, 6) is 0. The Morgan fingerprint density at radius 2 is 1.90 bits per heavy atom. The number of hydrogen-bond donors (Lipinski definition) is 1. The van der Waals surface area contributed by atoms with Gasteiger partial charge in [-0.1, -0.05) is 0 Å². The van der Waals surface area contributed by atoms with Crippen LogP contribution in [0.25, 0.3) is 0 Å². The predicted octanol–water partition coefficient (Wildman–Crippen LogP) is 1.29. The van der Waals surface area contributed by atoms with Gasteiger partial charge in [0.1, 0.15) is 4.90 Å². The quantitative estimate of drug-likeness (QED) is 0.902. The van der Waals surface area contributed by atoms with Crippen LogP contribution in [0, 0.1) is 13.8 Å². The van der Waals surface area contributed by atoms with Crippen molar-refractivity contribution in [1.82, 2.24) is 24.3 Å². The SMILES string of the molecule is CCn1ncc(C(C)NS(=O)(=O)c2cnn(C)c2C)c1C. The van der Waals surface area contributed by atoms with Gasteiger partial charge < -0.3 is 0 Å². The van der Waals surface area contributed by atoms with Gasteiger partial charge >= 0.3 is 0 Å². The minimum Gasteiger partial charge on any atom is -0.272 e. The summed E-state index contributed by atoms with van der Waals surface area (Å²) >= 11 is 0. The van der Waals surface area contributed by atoms with Crippen LogP contribution in [0.3, 0.4) is 0 Å². The number of rotatable bonds is 5. The molecule has 0 saturated carbocycles. The first-order valence-corrected chi connectivity index (χ1v) is 8.29. The van der Waals surface area contributed by atoms with Crippen molar-refractivity contribution >= 4 is 10.0 Å². The highest BCUT2D eigenvalue weighted by Gasteiger charge is 2.24. The Hall–Kier alpha value is -1.67. The topological polar surface area (TPSA) is 81.8 Å². The Morgan fingerprint density at radius 3 is 2.38 bits per heavy atom. The molecule has 8 heteroatoms. The second-order valence-corrected chi connectivity index (χ2v) is 6.74. The third-order valence-electron chi connectivity index (χ3n) is 3.72. The molecule has 0 aromatic carbocycles. The Kier molecular flexibility index (Phi) is 4.20. The molecule has 2 aromatic rings. The van der Waals surface area contributed by atoms with Crippen LogP contribution in [-0.2, 0) is 23.6 Å². The first kappa shape index (κ1) is 15.7. The number of aromatic nitrogens is 4. The van der Waals surface area contributed by atoms with Gasteiger partial charge in [0.15, 0.2) is 0 Å². The summed E-state index contributed by atoms with van der Waals surface area (Å²) in [4.78, 5) is 0.206. The molecule has 0 radical (unpaired) electrons. The molecule has 0 bridgehead atoms. The molecule has 2 aromatic heterocycles. The highest BCUT2D eigenvalue weighted by atomic mass is 32.2. The number of hydrogen-bond acceptors (Lipinski definition) is 4. The first-order valence-electron chi connectivity index (χ1n) is 6.81. The van der Waals surface area contributed by atoms with Crippen LogP contribution >= 0.6 is 0 Å². The summed E-state index contributed by atoms with van der Waals surface area (Å²) in [5, 5.41) is 8.22. The zero-order valence-corrected chi connectivity index (χ0v) is 13.8. The van der Waals surface area contributed by atoms with Crippen LogP contribution in [0.2, 0.25) is 0 Å². The lowest BCUT2D eigenvalue weighted by atomic mass is 10.1. The van der Waals surface area contributed by atoms with E-state index in [9.17, 15) is 8.42 Å². The molecule has 2 heterocycles. The van der Waals surface area contributed by atoms with Gasteiger partial charge in [0, 0.05) is 30.9 Å². The fourth-order valence-corrected chi connectivity index (χ4v) is 3.73. The molecule has 0 aliphatic carbocycles. The fourth-order valence-electron chi connectivity index (χ4n) is 2.31. The van der Waals surface area contributed by atoms with Crippen LogP contribution in [-0.4, -0.2) is 28.0 Å². The summed E-state index contributed by atoms with van der Waals surface area (Å²) in [5.41, 5.74) is 2.45. The number of aryl methyl sites for hydroxylation is 2. The van der Waals surface area contributed by atoms with Crippen molar-refractivity contribution in [2.24, 2.45) is 7.05 Å². The van der Waals surface area contributed by atoms with E-state index in [1.165, 1.54) is 6.20 Å². The monoisotopic (exact) mass is 311 g/mol. The summed E-state index contributed by atoms with van der Waals surface area (Å²) in [6.07, 6.45) is 3.08. The normalized spacial score (nSPS) is 13.6. The summed E-state index contributed by atoms with van der Waals surface area (Å²) < 4.78 is 31.0. The first-order chi connectivity index (χ1) is 9.77. The molecule has 0 aliphatic rings. The van der Waals surface area contributed by atoms with E-state index >= 15 is 0 Å². The fraction of sp³-hybridized carbons (Fsp3) is 0.538. The van der Waals surface area contributed by atoms with Gasteiger partial charge in [0.05, 0.1) is 18.1 Å². The lowest BCUT2D eigenvalue weighted by Gasteiger charge is -2.14. The summed E-state index contributed by atoms with van der Waals surface area (Å²) in [7, 11) is -1.89. The van der Waals surface area contributed by atoms with E-state index in [4.69, 9.17) is 0 Å². The van der Waals surface area contributed by atoms with Crippen LogP contribution in [0.4, 0.5) is 0 Å². The van der Waals surface area contributed by atoms with Gasteiger partial charge in [-0.05, 0) is 27.7 Å². The molecule has 0 amide bonds. The second kappa shape index (κ2) is 5.61. The van der Waals surface area contributed by atoms with E-state index in [0.717, 1.165) is 17.8 Å². The van der Waals surface area contributed by atoms with Crippen LogP contribution in [0.5, 0.6) is 0 Å². The van der Waals surface area contributed by atoms with Crippen molar-refractivity contribution in [1.29, 1.82) is 0 Å². The Bertz CT molecular complexity index is 745. The summed E-state index contributed by atoms with van der Waals surface area (Å²) in [6, 6.07) is -0.352. The number of nitrogens with one attached hydrogen (secondary N) is 1. The molecule has 1 unspecified atom stereocenters. The lowest BCUT2D eigenvalue weighted by molar-refractivity contribution is 0.564. The van der Waals surface area contributed by atoms with Crippen molar-refractivity contribution in [3.05, 3.63) is 29.3 Å². The molecule has 7 nitrogen and oxygen atoms in total. The van der Waals surface area contributed by atoms with Gasteiger partial charge in [-0.15, -0.1) is 0 Å². The molecule has 21 heavy (non-hydrogen) atoms. The Morgan fingerprint density at radius 1 is 1.24 bits per heavy atom. The van der Waals surface area contributed by atoms with Crippen LogP contribution < -0.4 is 4.72 Å². The lowest BCUT2D eigenvalue weighted by Crippen LogP contribution is -2.27. The molecule has 2 rings (SSSR count). The number of sulfonamides is 1. The van der Waals surface area contributed by atoms with Crippen LogP contribution in [0.1, 0.15) is 36.8 Å². The highest BCUT2D eigenvalue weighted by molar-refractivity contribution is 7.89. The summed E-state index contributed by atoms with van der Waals surface area (Å²) in [6.45, 7) is 8.23. The maximum absolute atomic E-state index is 12.4. The zero-order valence-electron chi connectivity index (χ0n) is 13.0.